The van der Waals surface area contributed by atoms with E-state index in [1.807, 2.05) is 12.1 Å². The molecule has 2 aromatic carbocycles. The van der Waals surface area contributed by atoms with Gasteiger partial charge in [-0.1, -0.05) is 6.07 Å². The van der Waals surface area contributed by atoms with Gasteiger partial charge in [-0.25, -0.2) is 0 Å². The molecule has 1 atom stereocenters. The predicted molar refractivity (Wildman–Crippen MR) is 117 cm³/mol. The average molecular weight is 409 g/mol. The van der Waals surface area contributed by atoms with Gasteiger partial charge in [0.15, 0.2) is 0 Å². The molecule has 1 fully saturated rings. The summed E-state index contributed by atoms with van der Waals surface area (Å²) >= 11 is 0. The normalized spacial score (nSPS) is 17.8. The van der Waals surface area contributed by atoms with Crippen molar-refractivity contribution in [1.82, 2.24) is 0 Å². The van der Waals surface area contributed by atoms with Crippen LogP contribution >= 0.6 is 0 Å². The molecule has 0 aliphatic carbocycles. The van der Waals surface area contributed by atoms with Gasteiger partial charge in [-0.2, -0.15) is 0 Å². The van der Waals surface area contributed by atoms with Crippen molar-refractivity contribution in [2.24, 2.45) is 5.92 Å². The first-order valence-electron chi connectivity index (χ1n) is 10.2. The summed E-state index contributed by atoms with van der Waals surface area (Å²) in [6.07, 6.45) is 1.20. The highest BCUT2D eigenvalue weighted by molar-refractivity contribution is 6.04. The van der Waals surface area contributed by atoms with E-state index in [0.717, 1.165) is 25.2 Å². The van der Waals surface area contributed by atoms with Gasteiger partial charge in [-0.05, 0) is 43.2 Å². The van der Waals surface area contributed by atoms with Gasteiger partial charge in [-0.3, -0.25) is 9.59 Å². The topological polar surface area (TPSA) is 71.1 Å². The largest absolute Gasteiger partial charge is 0.497 e. The van der Waals surface area contributed by atoms with E-state index in [4.69, 9.17) is 9.47 Å². The Hall–Kier alpha value is -3.22. The third-order valence-electron chi connectivity index (χ3n) is 5.90. The fourth-order valence-corrected chi connectivity index (χ4v) is 4.22. The third-order valence-corrected chi connectivity index (χ3v) is 5.90. The number of hydrogen-bond acceptors (Lipinski definition) is 5. The summed E-state index contributed by atoms with van der Waals surface area (Å²) in [4.78, 5) is 29.5. The van der Waals surface area contributed by atoms with Crippen molar-refractivity contribution in [3.8, 4) is 11.5 Å². The number of methoxy groups -OCH3 is 2. The zero-order valence-corrected chi connectivity index (χ0v) is 17.6. The summed E-state index contributed by atoms with van der Waals surface area (Å²) in [5.41, 5.74) is 3.87. The first-order valence-corrected chi connectivity index (χ1v) is 10.2. The van der Waals surface area contributed by atoms with Crippen LogP contribution in [0, 0.1) is 5.92 Å². The summed E-state index contributed by atoms with van der Waals surface area (Å²) < 4.78 is 10.7. The average Bonchev–Trinajstić information content (AvgIpc) is 3.36. The van der Waals surface area contributed by atoms with Gasteiger partial charge < -0.3 is 24.6 Å². The second-order valence-corrected chi connectivity index (χ2v) is 7.61. The minimum Gasteiger partial charge on any atom is -0.497 e. The van der Waals surface area contributed by atoms with Crippen LogP contribution in [0.4, 0.5) is 17.1 Å². The molecule has 2 amide bonds. The second-order valence-electron chi connectivity index (χ2n) is 7.61. The number of nitrogens with zero attached hydrogens (tertiary/aromatic N) is 2. The summed E-state index contributed by atoms with van der Waals surface area (Å²) in [5, 5.41) is 3.00. The van der Waals surface area contributed by atoms with E-state index in [-0.39, 0.29) is 18.2 Å². The van der Waals surface area contributed by atoms with E-state index in [9.17, 15) is 9.59 Å². The van der Waals surface area contributed by atoms with Gasteiger partial charge >= 0.3 is 0 Å². The van der Waals surface area contributed by atoms with Crippen LogP contribution in [0.25, 0.3) is 0 Å². The Kier molecular flexibility index (Phi) is 5.53. The number of likely N-dealkylation sites (N-methyl/N-ethyl adjacent to an activating group) is 1. The lowest BCUT2D eigenvalue weighted by Gasteiger charge is -2.20. The van der Waals surface area contributed by atoms with E-state index >= 15 is 0 Å². The molecule has 0 saturated carbocycles. The van der Waals surface area contributed by atoms with Crippen LogP contribution in [-0.4, -0.2) is 45.7 Å². The first-order chi connectivity index (χ1) is 14.5. The standard InChI is InChI=1S/C23H27N3O4/c1-4-25-10-9-15-5-6-17(12-19(15)25)24-23(28)16-11-22(27)26(14-16)20-13-18(29-2)7-8-21(20)30-3/h5-8,12-13,16H,4,9-11,14H2,1-3H3,(H,24,28). The molecule has 1 N–H and O–H groups in total. The number of nitrogens with one attached hydrogen (secondary N) is 1. The van der Waals surface area contributed by atoms with Gasteiger partial charge in [0.25, 0.3) is 0 Å². The molecule has 0 radical (unpaired) electrons. The molecule has 0 aromatic heterocycles. The molecule has 2 aliphatic heterocycles. The summed E-state index contributed by atoms with van der Waals surface area (Å²) in [5.74, 6) is 0.527. The van der Waals surface area contributed by atoms with E-state index in [1.54, 1.807) is 37.3 Å². The Bertz CT molecular complexity index is 975. The minimum absolute atomic E-state index is 0.104. The van der Waals surface area contributed by atoms with Crippen LogP contribution in [0.3, 0.4) is 0 Å². The SMILES string of the molecule is CCN1CCc2ccc(NC(=O)C3CC(=O)N(c4cc(OC)ccc4OC)C3)cc21. The number of fused-ring (bicyclic) bond motifs is 1. The number of carbonyl (C=O) groups is 2. The molecule has 0 spiro atoms. The maximum atomic E-state index is 12.9. The molecule has 158 valence electrons. The van der Waals surface area contributed by atoms with Crippen LogP contribution in [0.5, 0.6) is 11.5 Å². The van der Waals surface area contributed by atoms with Gasteiger partial charge in [0, 0.05) is 43.5 Å². The summed E-state index contributed by atoms with van der Waals surface area (Å²) in [6, 6.07) is 11.4. The number of anilines is 3. The van der Waals surface area contributed by atoms with Crippen molar-refractivity contribution >= 4 is 28.9 Å². The quantitative estimate of drug-likeness (QED) is 0.794. The minimum atomic E-state index is -0.427. The van der Waals surface area contributed by atoms with Crippen LogP contribution in [0.2, 0.25) is 0 Å². The van der Waals surface area contributed by atoms with Gasteiger partial charge in [0.1, 0.15) is 11.5 Å². The molecular weight excluding hydrogens is 382 g/mol. The van der Waals surface area contributed by atoms with E-state index in [1.165, 1.54) is 11.3 Å². The molecule has 2 heterocycles. The number of rotatable bonds is 6. The van der Waals surface area contributed by atoms with Crippen LogP contribution < -0.4 is 24.6 Å². The second kappa shape index (κ2) is 8.26. The number of ether oxygens (including phenoxy) is 2. The van der Waals surface area contributed by atoms with Crippen LogP contribution in [-0.2, 0) is 16.0 Å². The van der Waals surface area contributed by atoms with Crippen molar-refractivity contribution in [3.05, 3.63) is 42.0 Å². The molecule has 7 nitrogen and oxygen atoms in total. The van der Waals surface area contributed by atoms with Gasteiger partial charge in [-0.15, -0.1) is 0 Å². The van der Waals surface area contributed by atoms with Crippen LogP contribution in [0.1, 0.15) is 18.9 Å². The monoisotopic (exact) mass is 409 g/mol. The molecule has 30 heavy (non-hydrogen) atoms. The number of amides is 2. The van der Waals surface area contributed by atoms with Crippen molar-refractivity contribution in [1.29, 1.82) is 0 Å². The summed E-state index contributed by atoms with van der Waals surface area (Å²) in [6.45, 7) is 4.39. The zero-order valence-electron chi connectivity index (χ0n) is 17.6. The van der Waals surface area contributed by atoms with E-state index in [2.05, 4.69) is 23.2 Å². The van der Waals surface area contributed by atoms with Crippen molar-refractivity contribution in [2.45, 2.75) is 19.8 Å². The number of carbonyl (C=O) groups excluding carboxylic acids is 2. The highest BCUT2D eigenvalue weighted by Crippen LogP contribution is 2.36. The first kappa shape index (κ1) is 20.1. The van der Waals surface area contributed by atoms with Gasteiger partial charge in [0.2, 0.25) is 11.8 Å². The zero-order chi connectivity index (χ0) is 21.3. The molecule has 2 aromatic rings. The van der Waals surface area contributed by atoms with E-state index in [0.29, 0.717) is 23.7 Å². The van der Waals surface area contributed by atoms with Crippen LogP contribution in [0.15, 0.2) is 36.4 Å². The van der Waals surface area contributed by atoms with E-state index < -0.39 is 5.92 Å². The molecule has 1 unspecified atom stereocenters. The Morgan fingerprint density at radius 2 is 1.97 bits per heavy atom. The third kappa shape index (κ3) is 3.67. The van der Waals surface area contributed by atoms with Crippen molar-refractivity contribution < 1.29 is 19.1 Å². The lowest BCUT2D eigenvalue weighted by molar-refractivity contribution is -0.122. The Labute approximate surface area is 176 Å². The number of benzene rings is 2. The number of hydrogen-bond donors (Lipinski definition) is 1. The summed E-state index contributed by atoms with van der Waals surface area (Å²) in [7, 11) is 3.13. The fraction of sp³-hybridized carbons (Fsp3) is 0.391. The van der Waals surface area contributed by atoms with Crippen molar-refractivity contribution in [3.63, 3.8) is 0 Å². The fourth-order valence-electron chi connectivity index (χ4n) is 4.22. The Morgan fingerprint density at radius 3 is 2.70 bits per heavy atom. The Balaban J connectivity index is 1.49. The lowest BCUT2D eigenvalue weighted by atomic mass is 10.1. The molecule has 0 bridgehead atoms. The lowest BCUT2D eigenvalue weighted by Crippen LogP contribution is -2.28. The highest BCUT2D eigenvalue weighted by atomic mass is 16.5. The highest BCUT2D eigenvalue weighted by Gasteiger charge is 2.36. The Morgan fingerprint density at radius 1 is 1.13 bits per heavy atom. The van der Waals surface area contributed by atoms with Crippen molar-refractivity contribution in [2.75, 3.05) is 49.0 Å². The maximum absolute atomic E-state index is 12.9. The molecular formula is C23H27N3O4. The predicted octanol–water partition coefficient (Wildman–Crippen LogP) is 3.08. The molecule has 1 saturated heterocycles. The maximum Gasteiger partial charge on any atom is 0.229 e. The molecule has 7 heteroatoms. The molecule has 2 aliphatic rings. The molecule has 4 rings (SSSR count). The smallest absolute Gasteiger partial charge is 0.229 e. The van der Waals surface area contributed by atoms with Gasteiger partial charge in [0.05, 0.1) is 25.8 Å².